The molecule has 2 rings (SSSR count). The summed E-state index contributed by atoms with van der Waals surface area (Å²) in [4.78, 5) is 0. The first-order valence-electron chi connectivity index (χ1n) is 10.6. The highest BCUT2D eigenvalue weighted by molar-refractivity contribution is 5.13. The molecular formula is C23H38O3. The quantitative estimate of drug-likeness (QED) is 0.388. The van der Waals surface area contributed by atoms with Gasteiger partial charge in [-0.2, -0.15) is 0 Å². The largest absolute Gasteiger partial charge is 0.374 e. The molecule has 26 heavy (non-hydrogen) atoms. The van der Waals surface area contributed by atoms with Crippen molar-refractivity contribution in [2.24, 2.45) is 0 Å². The second-order valence-electron chi connectivity index (χ2n) is 7.71. The summed E-state index contributed by atoms with van der Waals surface area (Å²) in [7, 11) is 1.75. The van der Waals surface area contributed by atoms with Crippen LogP contribution < -0.4 is 0 Å². The van der Waals surface area contributed by atoms with Gasteiger partial charge in [-0.3, -0.25) is 0 Å². The monoisotopic (exact) mass is 362 g/mol. The van der Waals surface area contributed by atoms with Crippen molar-refractivity contribution in [2.45, 2.75) is 96.1 Å². The molecule has 1 aliphatic rings. The molecule has 3 nitrogen and oxygen atoms in total. The average Bonchev–Trinajstić information content (AvgIpc) is 2.68. The third-order valence-corrected chi connectivity index (χ3v) is 5.43. The second-order valence-corrected chi connectivity index (χ2v) is 7.71. The third kappa shape index (κ3) is 7.77. The van der Waals surface area contributed by atoms with Crippen LogP contribution in [0.4, 0.5) is 0 Å². The van der Waals surface area contributed by atoms with Crippen LogP contribution in [0.5, 0.6) is 0 Å². The molecule has 1 fully saturated rings. The van der Waals surface area contributed by atoms with Crippen LogP contribution in [0.2, 0.25) is 0 Å². The molecular weight excluding hydrogens is 324 g/mol. The highest BCUT2D eigenvalue weighted by atomic mass is 16.7. The zero-order valence-electron chi connectivity index (χ0n) is 16.9. The molecule has 0 N–H and O–H groups in total. The van der Waals surface area contributed by atoms with E-state index in [-0.39, 0.29) is 11.9 Å². The average molecular weight is 363 g/mol. The van der Waals surface area contributed by atoms with Gasteiger partial charge in [0, 0.05) is 7.11 Å². The summed E-state index contributed by atoms with van der Waals surface area (Å²) < 4.78 is 17.9. The van der Waals surface area contributed by atoms with E-state index < -0.39 is 0 Å². The molecule has 1 aliphatic heterocycles. The van der Waals surface area contributed by atoms with Crippen molar-refractivity contribution in [2.75, 3.05) is 13.7 Å². The zero-order valence-corrected chi connectivity index (χ0v) is 16.9. The molecule has 0 aliphatic carbocycles. The van der Waals surface area contributed by atoms with Crippen LogP contribution in [0.25, 0.3) is 0 Å². The van der Waals surface area contributed by atoms with Crippen LogP contribution in [-0.2, 0) is 20.8 Å². The van der Waals surface area contributed by atoms with Crippen LogP contribution >= 0.6 is 0 Å². The standard InChI is InChI=1S/C23H38O3/c1-3-4-5-6-7-8-12-17-23(18-13-16-22(24-2)26-23)20-25-19-21-14-10-9-11-15-21/h9-11,14-15,22H,3-8,12-13,16-20H2,1-2H3/t22?,23-/m0/s1. The Bertz CT molecular complexity index is 462. The minimum atomic E-state index is -0.170. The van der Waals surface area contributed by atoms with Crippen LogP contribution in [-0.4, -0.2) is 25.6 Å². The van der Waals surface area contributed by atoms with E-state index in [9.17, 15) is 0 Å². The summed E-state index contributed by atoms with van der Waals surface area (Å²) in [5.41, 5.74) is 1.05. The molecule has 1 aromatic carbocycles. The maximum absolute atomic E-state index is 6.36. The molecule has 148 valence electrons. The lowest BCUT2D eigenvalue weighted by Crippen LogP contribution is -2.45. The first-order chi connectivity index (χ1) is 12.8. The summed E-state index contributed by atoms with van der Waals surface area (Å²) in [6.45, 7) is 3.59. The van der Waals surface area contributed by atoms with Crippen LogP contribution in [0.1, 0.15) is 83.1 Å². The molecule has 0 bridgehead atoms. The molecule has 3 heteroatoms. The fourth-order valence-corrected chi connectivity index (χ4v) is 3.85. The Morgan fingerprint density at radius 3 is 2.50 bits per heavy atom. The van der Waals surface area contributed by atoms with Crippen LogP contribution in [0.15, 0.2) is 30.3 Å². The van der Waals surface area contributed by atoms with Gasteiger partial charge >= 0.3 is 0 Å². The molecule has 0 amide bonds. The summed E-state index contributed by atoms with van der Waals surface area (Å²) in [6.07, 6.45) is 13.5. The highest BCUT2D eigenvalue weighted by Gasteiger charge is 2.37. The Morgan fingerprint density at radius 2 is 1.77 bits per heavy atom. The summed E-state index contributed by atoms with van der Waals surface area (Å²) in [5.74, 6) is 0. The van der Waals surface area contributed by atoms with Gasteiger partial charge in [0.1, 0.15) is 0 Å². The molecule has 1 heterocycles. The van der Waals surface area contributed by atoms with Crippen molar-refractivity contribution in [3.8, 4) is 0 Å². The molecule has 2 atom stereocenters. The molecule has 0 saturated carbocycles. The second kappa shape index (κ2) is 12.5. The first kappa shape index (κ1) is 21.4. The molecule has 0 radical (unpaired) electrons. The van der Waals surface area contributed by atoms with Crippen molar-refractivity contribution >= 4 is 0 Å². The van der Waals surface area contributed by atoms with Crippen LogP contribution in [0.3, 0.4) is 0 Å². The van der Waals surface area contributed by atoms with E-state index in [1.807, 2.05) is 6.07 Å². The number of hydrogen-bond acceptors (Lipinski definition) is 3. The molecule has 0 aromatic heterocycles. The van der Waals surface area contributed by atoms with Crippen molar-refractivity contribution in [1.29, 1.82) is 0 Å². The number of hydrogen-bond donors (Lipinski definition) is 0. The van der Waals surface area contributed by atoms with Gasteiger partial charge in [-0.1, -0.05) is 82.2 Å². The fourth-order valence-electron chi connectivity index (χ4n) is 3.85. The molecule has 1 saturated heterocycles. The lowest BCUT2D eigenvalue weighted by atomic mass is 9.88. The Balaban J connectivity index is 1.78. The SMILES string of the molecule is CCCCCCCCC[C@@]1(COCc2ccccc2)CCCC(OC)O1. The minimum Gasteiger partial charge on any atom is -0.374 e. The van der Waals surface area contributed by atoms with E-state index in [4.69, 9.17) is 14.2 Å². The summed E-state index contributed by atoms with van der Waals surface area (Å²) >= 11 is 0. The van der Waals surface area contributed by atoms with E-state index >= 15 is 0 Å². The van der Waals surface area contributed by atoms with Gasteiger partial charge in [0.05, 0.1) is 18.8 Å². The van der Waals surface area contributed by atoms with Crippen molar-refractivity contribution in [1.82, 2.24) is 0 Å². The predicted molar refractivity (Wildman–Crippen MR) is 107 cm³/mol. The lowest BCUT2D eigenvalue weighted by molar-refractivity contribution is -0.244. The highest BCUT2D eigenvalue weighted by Crippen LogP contribution is 2.34. The lowest BCUT2D eigenvalue weighted by Gasteiger charge is -2.40. The zero-order chi connectivity index (χ0) is 18.5. The molecule has 1 aromatic rings. The molecule has 1 unspecified atom stereocenters. The minimum absolute atomic E-state index is 0.0753. The Hall–Kier alpha value is -0.900. The number of methoxy groups -OCH3 is 1. The predicted octanol–water partition coefficient (Wildman–Crippen LogP) is 6.26. The number of rotatable bonds is 13. The van der Waals surface area contributed by atoms with Gasteiger partial charge in [0.25, 0.3) is 0 Å². The van der Waals surface area contributed by atoms with Crippen molar-refractivity contribution in [3.63, 3.8) is 0 Å². The Morgan fingerprint density at radius 1 is 1.04 bits per heavy atom. The molecule has 0 spiro atoms. The topological polar surface area (TPSA) is 27.7 Å². The van der Waals surface area contributed by atoms with Crippen LogP contribution in [0, 0.1) is 0 Å². The maximum atomic E-state index is 6.36. The van der Waals surface area contributed by atoms with Gasteiger partial charge in [0.15, 0.2) is 6.29 Å². The normalized spacial score (nSPS) is 23.2. The van der Waals surface area contributed by atoms with Gasteiger partial charge in [0.2, 0.25) is 0 Å². The number of unbranched alkanes of at least 4 members (excludes halogenated alkanes) is 6. The van der Waals surface area contributed by atoms with E-state index in [0.29, 0.717) is 13.2 Å². The van der Waals surface area contributed by atoms with Gasteiger partial charge in [-0.05, 0) is 31.2 Å². The Labute approximate surface area is 160 Å². The summed E-state index contributed by atoms with van der Waals surface area (Å²) in [5, 5.41) is 0. The number of ether oxygens (including phenoxy) is 3. The Kier molecular flexibility index (Phi) is 10.3. The van der Waals surface area contributed by atoms with E-state index in [2.05, 4.69) is 31.2 Å². The van der Waals surface area contributed by atoms with Gasteiger partial charge < -0.3 is 14.2 Å². The maximum Gasteiger partial charge on any atom is 0.158 e. The van der Waals surface area contributed by atoms with Gasteiger partial charge in [-0.25, -0.2) is 0 Å². The van der Waals surface area contributed by atoms with E-state index in [0.717, 1.165) is 25.7 Å². The third-order valence-electron chi connectivity index (χ3n) is 5.43. The van der Waals surface area contributed by atoms with E-state index in [1.165, 1.54) is 50.5 Å². The van der Waals surface area contributed by atoms with E-state index in [1.54, 1.807) is 7.11 Å². The first-order valence-corrected chi connectivity index (χ1v) is 10.6. The van der Waals surface area contributed by atoms with Crippen molar-refractivity contribution < 1.29 is 14.2 Å². The smallest absolute Gasteiger partial charge is 0.158 e. The summed E-state index contributed by atoms with van der Waals surface area (Å²) in [6, 6.07) is 10.4. The number of benzene rings is 1. The fraction of sp³-hybridized carbons (Fsp3) is 0.739. The van der Waals surface area contributed by atoms with Crippen molar-refractivity contribution in [3.05, 3.63) is 35.9 Å². The van der Waals surface area contributed by atoms with Gasteiger partial charge in [-0.15, -0.1) is 0 Å².